The Morgan fingerprint density at radius 2 is 1.85 bits per heavy atom. The molecule has 0 bridgehead atoms. The third-order valence-corrected chi connectivity index (χ3v) is 4.62. The Morgan fingerprint density at radius 1 is 1.15 bits per heavy atom. The van der Waals surface area contributed by atoms with Crippen LogP contribution in [0.15, 0.2) is 47.5 Å². The fourth-order valence-electron chi connectivity index (χ4n) is 2.93. The molecule has 0 spiro atoms. The first kappa shape index (κ1) is 19.1. The van der Waals surface area contributed by atoms with Crippen molar-refractivity contribution in [3.8, 4) is 0 Å². The highest BCUT2D eigenvalue weighted by molar-refractivity contribution is 6.37. The number of fused-ring (bicyclic) bond motifs is 1. The summed E-state index contributed by atoms with van der Waals surface area (Å²) in [5, 5.41) is 9.95. The summed E-state index contributed by atoms with van der Waals surface area (Å²) in [4.78, 5) is 41.7. The number of rotatable bonds is 3. The van der Waals surface area contributed by atoms with Crippen molar-refractivity contribution in [1.82, 2.24) is 0 Å². The zero-order valence-electron chi connectivity index (χ0n) is 14.1. The summed E-state index contributed by atoms with van der Waals surface area (Å²) >= 11 is 12.4. The van der Waals surface area contributed by atoms with Crippen LogP contribution in [0, 0.1) is 0 Å². The fourth-order valence-corrected chi connectivity index (χ4v) is 3.33. The highest BCUT2D eigenvalue weighted by Gasteiger charge is 2.35. The molecule has 1 heterocycles. The molecule has 0 radical (unpaired) electrons. The topological polar surface area (TPSA) is 87.0 Å². The first-order valence-electron chi connectivity index (χ1n) is 7.98. The van der Waals surface area contributed by atoms with E-state index in [2.05, 4.69) is 4.99 Å². The molecule has 0 aliphatic carbocycles. The highest BCUT2D eigenvalue weighted by atomic mass is 35.5. The molecule has 6 nitrogen and oxygen atoms in total. The molecule has 1 aliphatic heterocycles. The normalized spacial score (nSPS) is 16.4. The predicted octanol–water partition coefficient (Wildman–Crippen LogP) is 3.57. The maximum atomic E-state index is 12.9. The molecule has 1 unspecified atom stereocenters. The van der Waals surface area contributed by atoms with Gasteiger partial charge in [-0.1, -0.05) is 41.4 Å². The van der Waals surface area contributed by atoms with Gasteiger partial charge < -0.3 is 5.11 Å². The van der Waals surface area contributed by atoms with E-state index in [4.69, 9.17) is 23.2 Å². The van der Waals surface area contributed by atoms with E-state index in [0.717, 1.165) is 4.90 Å². The van der Waals surface area contributed by atoms with E-state index in [1.165, 1.54) is 13.0 Å². The molecular weight excluding hydrogens is 391 g/mol. The van der Waals surface area contributed by atoms with Crippen LogP contribution in [0.25, 0.3) is 0 Å². The number of halogens is 2. The van der Waals surface area contributed by atoms with E-state index < -0.39 is 30.2 Å². The molecule has 8 heteroatoms. The zero-order valence-corrected chi connectivity index (χ0v) is 15.7. The van der Waals surface area contributed by atoms with Gasteiger partial charge in [0.2, 0.25) is 5.91 Å². The molecule has 0 fully saturated rings. The maximum Gasteiger partial charge on any atom is 0.306 e. The SMILES string of the molecule is CC(=O)N1C(=O)C(CC(=O)O)N=C(c2ccccc2Cl)c2cc(Cl)ccc21. The van der Waals surface area contributed by atoms with Crippen LogP contribution in [0.1, 0.15) is 24.5 Å². The monoisotopic (exact) mass is 404 g/mol. The molecular formula is C19H14Cl2N2O4. The van der Waals surface area contributed by atoms with Crippen LogP contribution in [0.2, 0.25) is 10.0 Å². The Morgan fingerprint density at radius 3 is 2.48 bits per heavy atom. The van der Waals surface area contributed by atoms with Gasteiger partial charge in [-0.05, 0) is 24.3 Å². The van der Waals surface area contributed by atoms with Gasteiger partial charge in [0.15, 0.2) is 0 Å². The molecule has 1 N–H and O–H groups in total. The maximum absolute atomic E-state index is 12.9. The molecule has 2 aromatic rings. The summed E-state index contributed by atoms with van der Waals surface area (Å²) < 4.78 is 0. The summed E-state index contributed by atoms with van der Waals surface area (Å²) in [6, 6.07) is 10.2. The number of carbonyl (C=O) groups excluding carboxylic acids is 2. The molecule has 1 atom stereocenters. The van der Waals surface area contributed by atoms with E-state index in [9.17, 15) is 19.5 Å². The van der Waals surface area contributed by atoms with Crippen molar-refractivity contribution in [2.75, 3.05) is 4.90 Å². The molecule has 27 heavy (non-hydrogen) atoms. The lowest BCUT2D eigenvalue weighted by molar-refractivity contribution is -0.139. The van der Waals surface area contributed by atoms with Crippen LogP contribution in [0.5, 0.6) is 0 Å². The number of hydrogen-bond donors (Lipinski definition) is 1. The van der Waals surface area contributed by atoms with E-state index in [1.54, 1.807) is 36.4 Å². The zero-order chi connectivity index (χ0) is 19.7. The van der Waals surface area contributed by atoms with Crippen LogP contribution in [0.4, 0.5) is 5.69 Å². The van der Waals surface area contributed by atoms with Crippen molar-refractivity contribution in [2.24, 2.45) is 4.99 Å². The first-order valence-corrected chi connectivity index (χ1v) is 8.74. The molecule has 2 amide bonds. The van der Waals surface area contributed by atoms with Crippen LogP contribution >= 0.6 is 23.2 Å². The smallest absolute Gasteiger partial charge is 0.306 e. The lowest BCUT2D eigenvalue weighted by atomic mass is 10.00. The molecule has 138 valence electrons. The predicted molar refractivity (Wildman–Crippen MR) is 103 cm³/mol. The second kappa shape index (κ2) is 7.50. The molecule has 2 aromatic carbocycles. The minimum atomic E-state index is -1.27. The molecule has 3 rings (SSSR count). The molecule has 0 aromatic heterocycles. The van der Waals surface area contributed by atoms with Crippen molar-refractivity contribution in [3.63, 3.8) is 0 Å². The van der Waals surface area contributed by atoms with E-state index in [1.807, 2.05) is 0 Å². The Balaban J connectivity index is 2.33. The lowest BCUT2D eigenvalue weighted by Crippen LogP contribution is -2.41. The van der Waals surface area contributed by atoms with Gasteiger partial charge in [-0.3, -0.25) is 19.4 Å². The summed E-state index contributed by atoms with van der Waals surface area (Å²) in [6.45, 7) is 1.23. The number of imide groups is 1. The van der Waals surface area contributed by atoms with Gasteiger partial charge in [-0.2, -0.15) is 0 Å². The second-order valence-electron chi connectivity index (χ2n) is 5.93. The first-order chi connectivity index (χ1) is 12.8. The van der Waals surface area contributed by atoms with Crippen molar-refractivity contribution in [1.29, 1.82) is 0 Å². The average Bonchev–Trinajstić information content (AvgIpc) is 2.70. The summed E-state index contributed by atoms with van der Waals surface area (Å²) in [5.74, 6) is -2.46. The number of hydrogen-bond acceptors (Lipinski definition) is 4. The van der Waals surface area contributed by atoms with Crippen LogP contribution < -0.4 is 4.90 Å². The minimum Gasteiger partial charge on any atom is -0.481 e. The quantitative estimate of drug-likeness (QED) is 0.846. The number of aliphatic imine (C=N–C) groups is 1. The third-order valence-electron chi connectivity index (χ3n) is 4.06. The van der Waals surface area contributed by atoms with Crippen molar-refractivity contribution in [3.05, 3.63) is 63.6 Å². The Bertz CT molecular complexity index is 987. The van der Waals surface area contributed by atoms with Crippen molar-refractivity contribution < 1.29 is 19.5 Å². The van der Waals surface area contributed by atoms with Crippen molar-refractivity contribution >= 4 is 52.4 Å². The Kier molecular flexibility index (Phi) is 5.30. The average molecular weight is 405 g/mol. The van der Waals surface area contributed by atoms with Gasteiger partial charge in [0, 0.05) is 28.1 Å². The van der Waals surface area contributed by atoms with Crippen LogP contribution in [-0.4, -0.2) is 34.6 Å². The number of anilines is 1. The fraction of sp³-hybridized carbons (Fsp3) is 0.158. The number of carboxylic acids is 1. The number of amides is 2. The summed E-state index contributed by atoms with van der Waals surface area (Å²) in [5.41, 5.74) is 1.52. The number of carboxylic acid groups (broad SMARTS) is 1. The summed E-state index contributed by atoms with van der Waals surface area (Å²) in [6.07, 6.45) is -0.557. The number of benzene rings is 2. The van der Waals surface area contributed by atoms with E-state index in [-0.39, 0.29) is 5.69 Å². The van der Waals surface area contributed by atoms with Gasteiger partial charge in [-0.25, -0.2) is 4.90 Å². The molecule has 0 saturated carbocycles. The van der Waals surface area contributed by atoms with Crippen LogP contribution in [-0.2, 0) is 14.4 Å². The number of nitrogens with zero attached hydrogens (tertiary/aromatic N) is 2. The largest absolute Gasteiger partial charge is 0.481 e. The lowest BCUT2D eigenvalue weighted by Gasteiger charge is -2.21. The standard InChI is InChI=1S/C19H14Cl2N2O4/c1-10(24)23-16-7-6-11(20)8-13(16)18(12-4-2-3-5-14(12)21)22-15(19(23)27)9-17(25)26/h2-8,15H,9H2,1H3,(H,25,26). The van der Waals surface area contributed by atoms with Crippen molar-refractivity contribution in [2.45, 2.75) is 19.4 Å². The Labute approximate surface area is 165 Å². The Hall–Kier alpha value is -2.70. The number of benzodiazepines with no additional fused rings is 1. The van der Waals surface area contributed by atoms with E-state index in [0.29, 0.717) is 26.9 Å². The summed E-state index contributed by atoms with van der Waals surface area (Å²) in [7, 11) is 0. The number of carbonyl (C=O) groups is 3. The number of aliphatic carboxylic acids is 1. The van der Waals surface area contributed by atoms with Crippen LogP contribution in [0.3, 0.4) is 0 Å². The highest BCUT2D eigenvalue weighted by Crippen LogP contribution is 2.33. The van der Waals surface area contributed by atoms with Gasteiger partial charge in [0.05, 0.1) is 17.8 Å². The van der Waals surface area contributed by atoms with Gasteiger partial charge in [0.1, 0.15) is 6.04 Å². The van der Waals surface area contributed by atoms with Gasteiger partial charge >= 0.3 is 5.97 Å². The minimum absolute atomic E-state index is 0.281. The van der Waals surface area contributed by atoms with Gasteiger partial charge in [0.25, 0.3) is 5.91 Å². The third kappa shape index (κ3) is 3.72. The van der Waals surface area contributed by atoms with E-state index >= 15 is 0 Å². The molecule has 1 aliphatic rings. The molecule has 0 saturated heterocycles. The van der Waals surface area contributed by atoms with Gasteiger partial charge in [-0.15, -0.1) is 0 Å². The second-order valence-corrected chi connectivity index (χ2v) is 6.77.